The van der Waals surface area contributed by atoms with Crippen LogP contribution in [0.4, 0.5) is 0 Å². The summed E-state index contributed by atoms with van der Waals surface area (Å²) in [6, 6.07) is 5.77. The van der Waals surface area contributed by atoms with Crippen LogP contribution in [0.25, 0.3) is 0 Å². The summed E-state index contributed by atoms with van der Waals surface area (Å²) in [5, 5.41) is 0. The summed E-state index contributed by atoms with van der Waals surface area (Å²) >= 11 is 4.14. The minimum atomic E-state index is 0.740. The molecule has 0 atom stereocenters. The molecule has 0 aliphatic carbocycles. The first-order valence-corrected chi connectivity index (χ1v) is 3.20. The van der Waals surface area contributed by atoms with Gasteiger partial charge in [-0.3, -0.25) is 0 Å². The quantitative estimate of drug-likeness (QED) is 0.398. The summed E-state index contributed by atoms with van der Waals surface area (Å²) in [6.45, 7) is 2.01. The second-order valence-electron chi connectivity index (χ2n) is 2.06. The Kier molecular flexibility index (Phi) is 1.86. The summed E-state index contributed by atoms with van der Waals surface area (Å²) < 4.78 is 0. The second-order valence-corrected chi connectivity index (χ2v) is 2.54. The first kappa shape index (κ1) is 6.75. The van der Waals surface area contributed by atoms with E-state index in [1.807, 2.05) is 25.1 Å². The Hall–Kier alpha value is -0.365. The minimum absolute atomic E-state index is 0.740. The van der Waals surface area contributed by atoms with Gasteiger partial charge in [0.2, 0.25) is 0 Å². The van der Waals surface area contributed by atoms with Gasteiger partial charge in [0.05, 0.1) is 0 Å². The molecule has 9 heavy (non-hydrogen) atoms. The van der Waals surface area contributed by atoms with Gasteiger partial charge in [0.15, 0.2) is 0 Å². The highest BCUT2D eigenvalue weighted by Crippen LogP contribution is 2.03. The molecule has 0 bridgehead atoms. The predicted molar refractivity (Wildman–Crippen MR) is 43.8 cm³/mol. The first-order chi connectivity index (χ1) is 4.20. The van der Waals surface area contributed by atoms with Gasteiger partial charge in [0, 0.05) is 0 Å². The van der Waals surface area contributed by atoms with Crippen LogP contribution < -0.4 is 5.46 Å². The van der Waals surface area contributed by atoms with E-state index in [9.17, 15) is 0 Å². The van der Waals surface area contributed by atoms with Gasteiger partial charge in [-0.2, -0.15) is 0 Å². The Balaban J connectivity index is 3.17. The Labute approximate surface area is 62.1 Å². The Morgan fingerprint density at radius 1 is 1.44 bits per heavy atom. The summed E-state index contributed by atoms with van der Waals surface area (Å²) in [5.74, 6) is 0. The van der Waals surface area contributed by atoms with Gasteiger partial charge < -0.3 is 0 Å². The fourth-order valence-electron chi connectivity index (χ4n) is 0.654. The van der Waals surface area contributed by atoms with Crippen LogP contribution in [0.15, 0.2) is 23.1 Å². The van der Waals surface area contributed by atoms with Crippen molar-refractivity contribution in [2.45, 2.75) is 11.8 Å². The number of thiol groups is 1. The van der Waals surface area contributed by atoms with Crippen molar-refractivity contribution in [3.05, 3.63) is 23.8 Å². The topological polar surface area (TPSA) is 0 Å². The van der Waals surface area contributed by atoms with Crippen LogP contribution in [0, 0.1) is 6.92 Å². The zero-order chi connectivity index (χ0) is 6.85. The van der Waals surface area contributed by atoms with E-state index in [1.165, 1.54) is 5.56 Å². The maximum atomic E-state index is 5.51. The molecule has 0 N–H and O–H groups in total. The summed E-state index contributed by atoms with van der Waals surface area (Å²) in [5.41, 5.74) is 1.93. The Morgan fingerprint density at radius 2 is 2.11 bits per heavy atom. The van der Waals surface area contributed by atoms with Crippen molar-refractivity contribution in [3.8, 4) is 0 Å². The van der Waals surface area contributed by atoms with E-state index in [4.69, 9.17) is 7.85 Å². The molecule has 0 aromatic heterocycles. The van der Waals surface area contributed by atoms with Gasteiger partial charge in [-0.1, -0.05) is 23.2 Å². The van der Waals surface area contributed by atoms with Gasteiger partial charge in [0.1, 0.15) is 7.85 Å². The summed E-state index contributed by atoms with van der Waals surface area (Å²) in [7, 11) is 5.51. The van der Waals surface area contributed by atoms with Crippen molar-refractivity contribution >= 4 is 25.9 Å². The Bertz CT molecular complexity index is 220. The highest BCUT2D eigenvalue weighted by Gasteiger charge is 1.89. The molecule has 0 nitrogen and oxygen atoms in total. The molecule has 44 valence electrons. The van der Waals surface area contributed by atoms with Crippen LogP contribution in [0.1, 0.15) is 5.56 Å². The molecule has 0 saturated carbocycles. The second kappa shape index (κ2) is 2.48. The van der Waals surface area contributed by atoms with E-state index >= 15 is 0 Å². The van der Waals surface area contributed by atoms with Crippen LogP contribution in [-0.4, -0.2) is 7.85 Å². The van der Waals surface area contributed by atoms with Crippen molar-refractivity contribution in [2.24, 2.45) is 0 Å². The van der Waals surface area contributed by atoms with Gasteiger partial charge in [-0.05, 0) is 17.9 Å². The van der Waals surface area contributed by atoms with Crippen molar-refractivity contribution < 1.29 is 0 Å². The van der Waals surface area contributed by atoms with Gasteiger partial charge in [0.25, 0.3) is 0 Å². The van der Waals surface area contributed by atoms with E-state index in [2.05, 4.69) is 12.6 Å². The third-order valence-electron chi connectivity index (χ3n) is 1.19. The average molecular weight is 134 g/mol. The van der Waals surface area contributed by atoms with Crippen molar-refractivity contribution in [3.63, 3.8) is 0 Å². The number of rotatable bonds is 0. The molecule has 0 aliphatic heterocycles. The Morgan fingerprint density at radius 3 is 2.56 bits per heavy atom. The molecule has 0 fully saturated rings. The molecule has 2 heteroatoms. The molecule has 1 rings (SSSR count). The lowest BCUT2D eigenvalue weighted by Gasteiger charge is -1.97. The van der Waals surface area contributed by atoms with Crippen LogP contribution in [0.5, 0.6) is 0 Å². The monoisotopic (exact) mass is 134 g/mol. The largest absolute Gasteiger partial charge is 0.144 e. The minimum Gasteiger partial charge on any atom is -0.144 e. The first-order valence-electron chi connectivity index (χ1n) is 2.75. The van der Waals surface area contributed by atoms with E-state index < -0.39 is 0 Å². The molecule has 1 aromatic carbocycles. The van der Waals surface area contributed by atoms with Gasteiger partial charge in [-0.25, -0.2) is 0 Å². The molecular formula is C7H7BS. The third kappa shape index (κ3) is 1.52. The van der Waals surface area contributed by atoms with Crippen molar-refractivity contribution in [1.82, 2.24) is 0 Å². The lowest BCUT2D eigenvalue weighted by atomic mass is 9.95. The zero-order valence-electron chi connectivity index (χ0n) is 5.26. The van der Waals surface area contributed by atoms with Gasteiger partial charge >= 0.3 is 0 Å². The predicted octanol–water partition coefficient (Wildman–Crippen LogP) is 1.08. The van der Waals surface area contributed by atoms with Crippen molar-refractivity contribution in [1.29, 1.82) is 0 Å². The summed E-state index contributed by atoms with van der Waals surface area (Å²) in [6.07, 6.45) is 0. The molecule has 0 saturated heterocycles. The number of aryl methyl sites for hydroxylation is 1. The standard InChI is InChI=1S/C7H7BS/c1-5-2-3-6(8)7(9)4-5/h2-4,9H,1H3. The lowest BCUT2D eigenvalue weighted by Crippen LogP contribution is -2.03. The fraction of sp³-hybridized carbons (Fsp3) is 0.143. The summed E-state index contributed by atoms with van der Waals surface area (Å²) in [4.78, 5) is 0.856. The number of hydrogen-bond acceptors (Lipinski definition) is 1. The normalized spacial score (nSPS) is 9.56. The van der Waals surface area contributed by atoms with Crippen LogP contribution in [0.3, 0.4) is 0 Å². The molecule has 0 heterocycles. The van der Waals surface area contributed by atoms with Crippen LogP contribution in [-0.2, 0) is 0 Å². The molecule has 0 aliphatic rings. The van der Waals surface area contributed by atoms with E-state index in [0.717, 1.165) is 10.4 Å². The molecule has 0 amide bonds. The highest BCUT2D eigenvalue weighted by molar-refractivity contribution is 7.80. The van der Waals surface area contributed by atoms with E-state index in [-0.39, 0.29) is 0 Å². The van der Waals surface area contributed by atoms with E-state index in [1.54, 1.807) is 0 Å². The van der Waals surface area contributed by atoms with Crippen LogP contribution in [0.2, 0.25) is 0 Å². The lowest BCUT2D eigenvalue weighted by molar-refractivity contribution is 1.40. The number of benzene rings is 1. The molecule has 2 radical (unpaired) electrons. The average Bonchev–Trinajstić information content (AvgIpc) is 1.80. The smallest absolute Gasteiger partial charge is 0.115 e. The fourth-order valence-corrected chi connectivity index (χ4v) is 0.932. The van der Waals surface area contributed by atoms with Crippen molar-refractivity contribution in [2.75, 3.05) is 0 Å². The molecule has 0 spiro atoms. The zero-order valence-corrected chi connectivity index (χ0v) is 6.15. The van der Waals surface area contributed by atoms with E-state index in [0.29, 0.717) is 0 Å². The van der Waals surface area contributed by atoms with Gasteiger partial charge in [-0.15, -0.1) is 12.6 Å². The number of hydrogen-bond donors (Lipinski definition) is 1. The molecule has 0 unspecified atom stereocenters. The van der Waals surface area contributed by atoms with Crippen LogP contribution >= 0.6 is 12.6 Å². The highest BCUT2D eigenvalue weighted by atomic mass is 32.1. The molecule has 1 aromatic rings. The maximum absolute atomic E-state index is 5.51. The maximum Gasteiger partial charge on any atom is 0.115 e. The third-order valence-corrected chi connectivity index (χ3v) is 1.57. The SMILES string of the molecule is [B]c1ccc(C)cc1S. The molecular weight excluding hydrogens is 127 g/mol.